The highest BCUT2D eigenvalue weighted by Crippen LogP contribution is 2.31. The highest BCUT2D eigenvalue weighted by atomic mass is 35.5. The number of hydrogen-bond donors (Lipinski definition) is 0. The zero-order valence-electron chi connectivity index (χ0n) is 9.54. The molecule has 2 rings (SSSR count). The number of rotatable bonds is 6. The molecule has 0 bridgehead atoms. The van der Waals surface area contributed by atoms with Gasteiger partial charge in [0, 0.05) is 5.02 Å². The fourth-order valence-electron chi connectivity index (χ4n) is 1.62. The normalized spacial score (nSPS) is 23.1. The van der Waals surface area contributed by atoms with Crippen molar-refractivity contribution < 1.29 is 9.47 Å². The predicted molar refractivity (Wildman–Crippen MR) is 65.2 cm³/mol. The lowest BCUT2D eigenvalue weighted by atomic mass is 10.1. The van der Waals surface area contributed by atoms with Crippen molar-refractivity contribution in [1.29, 1.82) is 0 Å². The Kier molecular flexibility index (Phi) is 3.72. The van der Waals surface area contributed by atoms with Gasteiger partial charge in [-0.25, -0.2) is 0 Å². The first-order valence-corrected chi connectivity index (χ1v) is 6.08. The summed E-state index contributed by atoms with van der Waals surface area (Å²) >= 11 is 5.86. The molecule has 3 heteroatoms. The number of hydrogen-bond acceptors (Lipinski definition) is 2. The maximum absolute atomic E-state index is 5.86. The first-order chi connectivity index (χ1) is 7.68. The molecule has 16 heavy (non-hydrogen) atoms. The highest BCUT2D eigenvalue weighted by molar-refractivity contribution is 6.30. The van der Waals surface area contributed by atoms with Crippen molar-refractivity contribution >= 4 is 11.6 Å². The molecule has 0 saturated carbocycles. The quantitative estimate of drug-likeness (QED) is 0.559. The summed E-state index contributed by atoms with van der Waals surface area (Å²) in [7, 11) is 0. The van der Waals surface area contributed by atoms with Gasteiger partial charge in [-0.1, -0.05) is 17.7 Å². The molecule has 1 aliphatic heterocycles. The Morgan fingerprint density at radius 2 is 2.25 bits per heavy atom. The van der Waals surface area contributed by atoms with Gasteiger partial charge in [0.25, 0.3) is 0 Å². The van der Waals surface area contributed by atoms with Gasteiger partial charge in [0.15, 0.2) is 0 Å². The van der Waals surface area contributed by atoms with E-state index in [9.17, 15) is 0 Å². The van der Waals surface area contributed by atoms with Gasteiger partial charge >= 0.3 is 0 Å². The average molecular weight is 241 g/mol. The topological polar surface area (TPSA) is 21.8 Å². The van der Waals surface area contributed by atoms with Crippen LogP contribution in [0.25, 0.3) is 0 Å². The molecular weight excluding hydrogens is 224 g/mol. The molecular formula is C13H17ClO2. The van der Waals surface area contributed by atoms with Crippen LogP contribution < -0.4 is 4.74 Å². The molecule has 0 aliphatic carbocycles. The van der Waals surface area contributed by atoms with E-state index in [4.69, 9.17) is 21.1 Å². The van der Waals surface area contributed by atoms with Crippen LogP contribution in [0.4, 0.5) is 0 Å². The number of epoxide rings is 1. The number of halogens is 1. The van der Waals surface area contributed by atoms with Crippen molar-refractivity contribution in [2.24, 2.45) is 0 Å². The van der Waals surface area contributed by atoms with Gasteiger partial charge in [0.1, 0.15) is 5.75 Å². The Morgan fingerprint density at radius 1 is 1.44 bits per heavy atom. The molecule has 1 fully saturated rings. The maximum atomic E-state index is 5.86. The molecule has 88 valence electrons. The van der Waals surface area contributed by atoms with Crippen molar-refractivity contribution in [2.75, 3.05) is 13.2 Å². The molecule has 2 nitrogen and oxygen atoms in total. The minimum atomic E-state index is 0.177. The van der Waals surface area contributed by atoms with Crippen molar-refractivity contribution in [3.63, 3.8) is 0 Å². The van der Waals surface area contributed by atoms with E-state index < -0.39 is 0 Å². The summed E-state index contributed by atoms with van der Waals surface area (Å²) in [6.07, 6.45) is 3.34. The molecule has 1 saturated heterocycles. The van der Waals surface area contributed by atoms with Gasteiger partial charge in [-0.3, -0.25) is 0 Å². The van der Waals surface area contributed by atoms with Gasteiger partial charge < -0.3 is 9.47 Å². The van der Waals surface area contributed by atoms with Crippen LogP contribution in [0, 0.1) is 0 Å². The molecule has 0 aromatic heterocycles. The molecule has 0 radical (unpaired) electrons. The van der Waals surface area contributed by atoms with Gasteiger partial charge in [-0.2, -0.15) is 0 Å². The third-order valence-electron chi connectivity index (χ3n) is 2.80. The van der Waals surface area contributed by atoms with Crippen molar-refractivity contribution in [1.82, 2.24) is 0 Å². The Morgan fingerprint density at radius 3 is 2.94 bits per heavy atom. The van der Waals surface area contributed by atoms with Gasteiger partial charge in [0.2, 0.25) is 0 Å². The third kappa shape index (κ3) is 3.69. The zero-order chi connectivity index (χ0) is 11.4. The molecule has 1 heterocycles. The van der Waals surface area contributed by atoms with E-state index in [1.54, 1.807) is 0 Å². The molecule has 1 aromatic carbocycles. The third-order valence-corrected chi connectivity index (χ3v) is 3.04. The van der Waals surface area contributed by atoms with Crippen LogP contribution in [0.5, 0.6) is 5.75 Å². The van der Waals surface area contributed by atoms with E-state index in [1.165, 1.54) is 0 Å². The Labute approximate surface area is 102 Å². The number of ether oxygens (including phenoxy) is 2. The summed E-state index contributed by atoms with van der Waals surface area (Å²) in [5, 5.41) is 0.719. The minimum Gasteiger partial charge on any atom is -0.494 e. The predicted octanol–water partition coefficient (Wildman–Crippen LogP) is 3.68. The van der Waals surface area contributed by atoms with Gasteiger partial charge in [0.05, 0.1) is 18.8 Å². The van der Waals surface area contributed by atoms with Crippen molar-refractivity contribution in [2.45, 2.75) is 31.8 Å². The fourth-order valence-corrected chi connectivity index (χ4v) is 1.80. The van der Waals surface area contributed by atoms with Gasteiger partial charge in [-0.15, -0.1) is 0 Å². The van der Waals surface area contributed by atoms with E-state index in [2.05, 4.69) is 6.92 Å². The lowest BCUT2D eigenvalue weighted by molar-refractivity contribution is 0.275. The Bertz CT molecular complexity index is 348. The second-order valence-electron chi connectivity index (χ2n) is 4.50. The maximum Gasteiger partial charge on any atom is 0.120 e. The molecule has 1 unspecified atom stereocenters. The minimum absolute atomic E-state index is 0.177. The molecule has 0 N–H and O–H groups in total. The first kappa shape index (κ1) is 11.7. The standard InChI is InChI=1S/C13H17ClO2/c1-13(10-16-13)7-2-3-8-15-12-6-4-5-11(14)9-12/h4-6,9H,2-3,7-8,10H2,1H3. The van der Waals surface area contributed by atoms with E-state index >= 15 is 0 Å². The second-order valence-corrected chi connectivity index (χ2v) is 4.94. The summed E-state index contributed by atoms with van der Waals surface area (Å²) in [6.45, 7) is 3.82. The lowest BCUT2D eigenvalue weighted by Gasteiger charge is -2.07. The van der Waals surface area contributed by atoms with Crippen LogP contribution in [0.3, 0.4) is 0 Å². The van der Waals surface area contributed by atoms with Crippen molar-refractivity contribution in [3.8, 4) is 5.75 Å². The average Bonchev–Trinajstić information content (AvgIpc) is 2.96. The number of unbranched alkanes of at least 4 members (excludes halogenated alkanes) is 1. The summed E-state index contributed by atoms with van der Waals surface area (Å²) in [5.41, 5.74) is 0.177. The SMILES string of the molecule is CC1(CCCCOc2cccc(Cl)c2)CO1. The Hall–Kier alpha value is -0.730. The smallest absolute Gasteiger partial charge is 0.120 e. The van der Waals surface area contributed by atoms with E-state index in [0.717, 1.165) is 43.2 Å². The lowest BCUT2D eigenvalue weighted by Crippen LogP contribution is -2.05. The fraction of sp³-hybridized carbons (Fsp3) is 0.538. The highest BCUT2D eigenvalue weighted by Gasteiger charge is 2.37. The van der Waals surface area contributed by atoms with Crippen LogP contribution in [-0.2, 0) is 4.74 Å². The van der Waals surface area contributed by atoms with Crippen LogP contribution in [0.2, 0.25) is 5.02 Å². The van der Waals surface area contributed by atoms with E-state index in [-0.39, 0.29) is 5.60 Å². The van der Waals surface area contributed by atoms with Crippen molar-refractivity contribution in [3.05, 3.63) is 29.3 Å². The summed E-state index contributed by atoms with van der Waals surface area (Å²) in [4.78, 5) is 0. The van der Waals surface area contributed by atoms with Crippen LogP contribution in [0.15, 0.2) is 24.3 Å². The molecule has 0 amide bonds. The largest absolute Gasteiger partial charge is 0.494 e. The molecule has 1 aromatic rings. The van der Waals surface area contributed by atoms with Gasteiger partial charge in [-0.05, 0) is 44.4 Å². The number of benzene rings is 1. The molecule has 1 atom stereocenters. The summed E-state index contributed by atoms with van der Waals surface area (Å²) in [6, 6.07) is 7.51. The Balaban J connectivity index is 1.60. The van der Waals surface area contributed by atoms with E-state index in [1.807, 2.05) is 24.3 Å². The van der Waals surface area contributed by atoms with Crippen LogP contribution in [-0.4, -0.2) is 18.8 Å². The zero-order valence-corrected chi connectivity index (χ0v) is 10.3. The molecule has 0 spiro atoms. The molecule has 1 aliphatic rings. The summed E-state index contributed by atoms with van der Waals surface area (Å²) < 4.78 is 10.9. The second kappa shape index (κ2) is 5.07. The van der Waals surface area contributed by atoms with Crippen LogP contribution >= 0.6 is 11.6 Å². The summed E-state index contributed by atoms with van der Waals surface area (Å²) in [5.74, 6) is 0.849. The monoisotopic (exact) mass is 240 g/mol. The first-order valence-electron chi connectivity index (χ1n) is 5.70. The van der Waals surface area contributed by atoms with Crippen LogP contribution in [0.1, 0.15) is 26.2 Å². The van der Waals surface area contributed by atoms with E-state index in [0.29, 0.717) is 0 Å².